The number of aromatic nitrogens is 1. The fourth-order valence-corrected chi connectivity index (χ4v) is 5.47. The third kappa shape index (κ3) is 2.57. The van der Waals surface area contributed by atoms with Crippen LogP contribution in [0.5, 0.6) is 5.75 Å². The molecule has 3 aromatic carbocycles. The molecular formula is C27H24N2O3. The van der Waals surface area contributed by atoms with Crippen LogP contribution in [-0.4, -0.2) is 23.8 Å². The Morgan fingerprint density at radius 2 is 1.94 bits per heavy atom. The Morgan fingerprint density at radius 3 is 2.75 bits per heavy atom. The molecule has 0 saturated carbocycles. The molecule has 4 aromatic rings. The van der Waals surface area contributed by atoms with Gasteiger partial charge in [0.15, 0.2) is 5.78 Å². The van der Waals surface area contributed by atoms with Gasteiger partial charge in [-0.05, 0) is 71.8 Å². The van der Waals surface area contributed by atoms with Crippen molar-refractivity contribution in [1.82, 2.24) is 10.3 Å². The van der Waals surface area contributed by atoms with Crippen molar-refractivity contribution >= 4 is 33.5 Å². The van der Waals surface area contributed by atoms with E-state index in [4.69, 9.17) is 4.74 Å². The maximum Gasteiger partial charge on any atom is 0.252 e. The quantitative estimate of drug-likeness (QED) is 0.436. The van der Waals surface area contributed by atoms with Gasteiger partial charge < -0.3 is 15.0 Å². The highest BCUT2D eigenvalue weighted by atomic mass is 16.5. The minimum Gasteiger partial charge on any atom is -0.497 e. The molecule has 0 atom stereocenters. The number of benzene rings is 3. The van der Waals surface area contributed by atoms with Crippen molar-refractivity contribution in [3.63, 3.8) is 0 Å². The highest BCUT2D eigenvalue weighted by Crippen LogP contribution is 2.46. The molecule has 5 nitrogen and oxygen atoms in total. The number of carbonyl (C=O) groups excluding carboxylic acids is 2. The monoisotopic (exact) mass is 424 g/mol. The van der Waals surface area contributed by atoms with Crippen molar-refractivity contribution in [3.05, 3.63) is 64.2 Å². The largest absolute Gasteiger partial charge is 0.497 e. The number of hydrogen-bond donors (Lipinski definition) is 2. The van der Waals surface area contributed by atoms with Crippen molar-refractivity contribution in [3.8, 4) is 16.9 Å². The number of rotatable bonds is 4. The van der Waals surface area contributed by atoms with Gasteiger partial charge in [0, 0.05) is 40.4 Å². The fourth-order valence-electron chi connectivity index (χ4n) is 5.47. The summed E-state index contributed by atoms with van der Waals surface area (Å²) >= 11 is 0. The van der Waals surface area contributed by atoms with Crippen LogP contribution in [0.3, 0.4) is 0 Å². The second kappa shape index (κ2) is 6.95. The van der Waals surface area contributed by atoms with E-state index in [0.29, 0.717) is 13.0 Å². The van der Waals surface area contributed by atoms with Crippen LogP contribution in [0, 0.1) is 0 Å². The van der Waals surface area contributed by atoms with Crippen molar-refractivity contribution in [2.75, 3.05) is 7.11 Å². The number of carbonyl (C=O) groups is 2. The molecule has 1 aromatic heterocycles. The first-order chi connectivity index (χ1) is 15.6. The topological polar surface area (TPSA) is 71.2 Å². The molecular weight excluding hydrogens is 400 g/mol. The lowest BCUT2D eigenvalue weighted by Crippen LogP contribution is -2.15. The molecule has 32 heavy (non-hydrogen) atoms. The number of amides is 1. The summed E-state index contributed by atoms with van der Waals surface area (Å²) in [5, 5.41) is 5.15. The summed E-state index contributed by atoms with van der Waals surface area (Å²) in [4.78, 5) is 29.2. The van der Waals surface area contributed by atoms with Gasteiger partial charge in [0.05, 0.1) is 18.2 Å². The van der Waals surface area contributed by atoms with Crippen LogP contribution in [0.25, 0.3) is 32.9 Å². The summed E-state index contributed by atoms with van der Waals surface area (Å²) in [7, 11) is 1.68. The number of methoxy groups -OCH3 is 1. The van der Waals surface area contributed by atoms with E-state index in [9.17, 15) is 9.59 Å². The molecule has 0 saturated heterocycles. The number of Topliss-reactive ketones (excluding diaryl/α,β-unsaturated/α-hetero) is 1. The Balaban J connectivity index is 1.68. The summed E-state index contributed by atoms with van der Waals surface area (Å²) in [5.74, 6) is 0.981. The van der Waals surface area contributed by atoms with Crippen molar-refractivity contribution in [1.29, 1.82) is 0 Å². The molecule has 1 aliphatic carbocycles. The van der Waals surface area contributed by atoms with E-state index in [-0.39, 0.29) is 11.7 Å². The van der Waals surface area contributed by atoms with Gasteiger partial charge in [-0.3, -0.25) is 9.59 Å². The number of ketones is 1. The summed E-state index contributed by atoms with van der Waals surface area (Å²) in [6.07, 6.45) is 3.11. The van der Waals surface area contributed by atoms with Crippen LogP contribution in [0.2, 0.25) is 0 Å². The Bertz CT molecular complexity index is 1460. The van der Waals surface area contributed by atoms with Crippen molar-refractivity contribution in [2.24, 2.45) is 0 Å². The number of ether oxygens (including phenoxy) is 1. The highest BCUT2D eigenvalue weighted by molar-refractivity contribution is 6.19. The van der Waals surface area contributed by atoms with Crippen LogP contribution in [-0.2, 0) is 19.4 Å². The maximum absolute atomic E-state index is 13.0. The van der Waals surface area contributed by atoms with E-state index in [0.717, 1.165) is 74.6 Å². The molecule has 1 amide bonds. The maximum atomic E-state index is 13.0. The second-order valence-corrected chi connectivity index (χ2v) is 8.72. The molecule has 6 rings (SSSR count). The Hall–Kier alpha value is -3.60. The first kappa shape index (κ1) is 19.1. The van der Waals surface area contributed by atoms with Crippen LogP contribution in [0.4, 0.5) is 0 Å². The van der Waals surface area contributed by atoms with Gasteiger partial charge in [0.2, 0.25) is 0 Å². The van der Waals surface area contributed by atoms with Gasteiger partial charge in [0.25, 0.3) is 5.91 Å². The first-order valence-corrected chi connectivity index (χ1v) is 11.2. The number of fused-ring (bicyclic) bond motifs is 10. The molecule has 160 valence electrons. The van der Waals surface area contributed by atoms with Crippen molar-refractivity contribution in [2.45, 2.75) is 39.2 Å². The minimum atomic E-state index is -0.0191. The Morgan fingerprint density at radius 1 is 1.06 bits per heavy atom. The van der Waals surface area contributed by atoms with E-state index >= 15 is 0 Å². The molecule has 0 spiro atoms. The van der Waals surface area contributed by atoms with Gasteiger partial charge >= 0.3 is 0 Å². The Labute approximate surface area is 185 Å². The van der Waals surface area contributed by atoms with Crippen LogP contribution in [0.1, 0.15) is 57.2 Å². The highest BCUT2D eigenvalue weighted by Gasteiger charge is 2.33. The number of nitrogens with one attached hydrogen (secondary N) is 2. The number of H-pyrrole nitrogens is 1. The normalized spacial score (nSPS) is 14.2. The lowest BCUT2D eigenvalue weighted by molar-refractivity contribution is 0.0962. The second-order valence-electron chi connectivity index (χ2n) is 8.72. The van der Waals surface area contributed by atoms with Gasteiger partial charge in [0.1, 0.15) is 5.75 Å². The molecule has 0 unspecified atom stereocenters. The van der Waals surface area contributed by atoms with E-state index in [1.165, 1.54) is 11.1 Å². The van der Waals surface area contributed by atoms with Crippen molar-refractivity contribution < 1.29 is 14.3 Å². The summed E-state index contributed by atoms with van der Waals surface area (Å²) < 4.78 is 5.43. The SMILES string of the molecule is CCCC(=O)c1ccc2[nH]c3c4c(c5c(c3c2c1)CNC5=O)-c1ccc(OC)cc1CC4. The standard InChI is InChI=1S/C27H24N2O3/c1-3-4-22(30)15-6-10-21-19(12-15)24-20-13-28-27(31)25(20)23-17-9-7-16(32-2)11-14(17)5-8-18(23)26(24)29-21/h6-7,9-12,29H,3-5,8,13H2,1-2H3,(H,28,31). The molecule has 0 radical (unpaired) electrons. The average molecular weight is 425 g/mol. The van der Waals surface area contributed by atoms with Gasteiger partial charge in [-0.2, -0.15) is 0 Å². The van der Waals surface area contributed by atoms with E-state index < -0.39 is 0 Å². The van der Waals surface area contributed by atoms with E-state index in [2.05, 4.69) is 22.4 Å². The third-order valence-corrected chi connectivity index (χ3v) is 6.93. The van der Waals surface area contributed by atoms with Gasteiger partial charge in [-0.15, -0.1) is 0 Å². The molecule has 0 fully saturated rings. The van der Waals surface area contributed by atoms with Crippen LogP contribution < -0.4 is 10.1 Å². The number of hydrogen-bond acceptors (Lipinski definition) is 3. The summed E-state index contributed by atoms with van der Waals surface area (Å²) in [5.41, 5.74) is 9.19. The lowest BCUT2D eigenvalue weighted by atomic mass is 9.80. The molecule has 0 bridgehead atoms. The van der Waals surface area contributed by atoms with Gasteiger partial charge in [-0.25, -0.2) is 0 Å². The molecule has 2 N–H and O–H groups in total. The smallest absolute Gasteiger partial charge is 0.252 e. The summed E-state index contributed by atoms with van der Waals surface area (Å²) in [6.45, 7) is 2.52. The van der Waals surface area contributed by atoms with E-state index in [1.54, 1.807) is 7.11 Å². The molecule has 2 aliphatic rings. The average Bonchev–Trinajstić information content (AvgIpc) is 3.38. The number of aryl methyl sites for hydroxylation is 2. The molecule has 1 aliphatic heterocycles. The van der Waals surface area contributed by atoms with Crippen LogP contribution >= 0.6 is 0 Å². The third-order valence-electron chi connectivity index (χ3n) is 6.93. The zero-order valence-corrected chi connectivity index (χ0v) is 18.2. The van der Waals surface area contributed by atoms with Crippen LogP contribution in [0.15, 0.2) is 36.4 Å². The Kier molecular flexibility index (Phi) is 4.15. The minimum absolute atomic E-state index is 0.0191. The fraction of sp³-hybridized carbons (Fsp3) is 0.259. The molecule has 5 heteroatoms. The zero-order valence-electron chi connectivity index (χ0n) is 18.2. The van der Waals surface area contributed by atoms with E-state index in [1.807, 2.05) is 31.2 Å². The predicted octanol–water partition coefficient (Wildman–Crippen LogP) is 5.32. The summed E-state index contributed by atoms with van der Waals surface area (Å²) in [6, 6.07) is 12.0. The lowest BCUT2D eigenvalue weighted by Gasteiger charge is -2.23. The number of aromatic amines is 1. The predicted molar refractivity (Wildman–Crippen MR) is 126 cm³/mol. The van der Waals surface area contributed by atoms with Gasteiger partial charge in [-0.1, -0.05) is 13.0 Å². The first-order valence-electron chi connectivity index (χ1n) is 11.2. The molecule has 2 heterocycles. The zero-order chi connectivity index (χ0) is 22.0.